The van der Waals surface area contributed by atoms with E-state index in [2.05, 4.69) is 56.3 Å². The number of benzene rings is 3. The number of hydrogen-bond acceptors (Lipinski definition) is 7. The Bertz CT molecular complexity index is 1710. The van der Waals surface area contributed by atoms with E-state index in [-0.39, 0.29) is 28.3 Å². The van der Waals surface area contributed by atoms with Crippen molar-refractivity contribution in [1.29, 1.82) is 5.26 Å². The molecule has 0 saturated carbocycles. The molecule has 214 valence electrons. The van der Waals surface area contributed by atoms with Gasteiger partial charge in [0, 0.05) is 40.5 Å². The Morgan fingerprint density at radius 3 is 2.45 bits per heavy atom. The molecule has 0 amide bonds. The number of nitriles is 1. The number of hydrogen-bond donors (Lipinski definition) is 1. The molecule has 1 atom stereocenters. The molecule has 0 radical (unpaired) electrons. The lowest BCUT2D eigenvalue weighted by Gasteiger charge is -2.44. The number of non-ortho nitro benzene ring substituents is 1. The molecule has 3 aromatic carbocycles. The minimum Gasteiger partial charge on any atom is -0.384 e. The summed E-state index contributed by atoms with van der Waals surface area (Å²) in [5.74, 6) is 0.290. The molecule has 2 aliphatic rings. The number of rotatable bonds is 6. The van der Waals surface area contributed by atoms with Crippen molar-refractivity contribution in [2.75, 3.05) is 4.90 Å². The van der Waals surface area contributed by atoms with Gasteiger partial charge in [0.25, 0.3) is 5.69 Å². The fourth-order valence-corrected chi connectivity index (χ4v) is 7.02. The molecule has 0 aromatic heterocycles. The van der Waals surface area contributed by atoms with Gasteiger partial charge in [0.05, 0.1) is 28.2 Å². The molecular formula is C34H34N4O3S. The number of anilines is 1. The van der Waals surface area contributed by atoms with E-state index < -0.39 is 10.8 Å². The van der Waals surface area contributed by atoms with E-state index in [0.717, 1.165) is 28.0 Å². The quantitative estimate of drug-likeness (QED) is 0.181. The minimum absolute atomic E-state index is 0.0292. The summed E-state index contributed by atoms with van der Waals surface area (Å²) in [6.07, 6.45) is 0.873. The molecule has 5 rings (SSSR count). The van der Waals surface area contributed by atoms with Gasteiger partial charge in [0.1, 0.15) is 5.82 Å². The first-order chi connectivity index (χ1) is 19.9. The Hall–Kier alpha value is -4.35. The fraction of sp³-hybridized carbons (Fsp3) is 0.294. The zero-order valence-electron chi connectivity index (χ0n) is 24.5. The summed E-state index contributed by atoms with van der Waals surface area (Å²) < 4.78 is 0. The second kappa shape index (κ2) is 11.1. The maximum absolute atomic E-state index is 14.0. The highest BCUT2D eigenvalue weighted by atomic mass is 32.2. The van der Waals surface area contributed by atoms with E-state index >= 15 is 0 Å². The van der Waals surface area contributed by atoms with Crippen molar-refractivity contribution in [2.45, 2.75) is 64.0 Å². The molecule has 1 heterocycles. The number of nitro groups is 1. The lowest BCUT2D eigenvalue weighted by atomic mass is 9.68. The first-order valence-electron chi connectivity index (χ1n) is 13.9. The smallest absolute Gasteiger partial charge is 0.271 e. The van der Waals surface area contributed by atoms with Crippen molar-refractivity contribution in [1.82, 2.24) is 0 Å². The van der Waals surface area contributed by atoms with Crippen molar-refractivity contribution in [3.63, 3.8) is 0 Å². The normalized spacial score (nSPS) is 18.1. The summed E-state index contributed by atoms with van der Waals surface area (Å²) in [5.41, 5.74) is 13.7. The van der Waals surface area contributed by atoms with Crippen LogP contribution in [0.15, 0.2) is 88.2 Å². The summed E-state index contributed by atoms with van der Waals surface area (Å²) in [4.78, 5) is 28.0. The second-order valence-electron chi connectivity index (χ2n) is 12.0. The van der Waals surface area contributed by atoms with Crippen LogP contribution in [-0.4, -0.2) is 10.7 Å². The zero-order chi connectivity index (χ0) is 30.3. The molecule has 0 spiro atoms. The molecule has 42 heavy (non-hydrogen) atoms. The van der Waals surface area contributed by atoms with Gasteiger partial charge in [-0.2, -0.15) is 5.26 Å². The Labute approximate surface area is 250 Å². The van der Waals surface area contributed by atoms with E-state index in [9.17, 15) is 20.2 Å². The van der Waals surface area contributed by atoms with Crippen LogP contribution in [0.4, 0.5) is 11.4 Å². The largest absolute Gasteiger partial charge is 0.384 e. The van der Waals surface area contributed by atoms with E-state index in [4.69, 9.17) is 5.73 Å². The van der Waals surface area contributed by atoms with Gasteiger partial charge in [-0.1, -0.05) is 55.3 Å². The topological polar surface area (TPSA) is 113 Å². The predicted molar refractivity (Wildman–Crippen MR) is 167 cm³/mol. The lowest BCUT2D eigenvalue weighted by Crippen LogP contribution is -2.42. The van der Waals surface area contributed by atoms with Crippen LogP contribution >= 0.6 is 11.8 Å². The van der Waals surface area contributed by atoms with Crippen molar-refractivity contribution in [2.24, 2.45) is 11.1 Å². The second-order valence-corrected chi connectivity index (χ2v) is 13.0. The number of allylic oxidation sites excluding steroid dienone is 3. The van der Waals surface area contributed by atoms with Crippen molar-refractivity contribution >= 4 is 28.9 Å². The Morgan fingerprint density at radius 1 is 1.07 bits per heavy atom. The Kier molecular flexibility index (Phi) is 7.74. The maximum Gasteiger partial charge on any atom is 0.271 e. The number of carbonyl (C=O) groups is 1. The Balaban J connectivity index is 1.67. The molecule has 3 aromatic rings. The highest BCUT2D eigenvalue weighted by Crippen LogP contribution is 2.51. The first-order valence-corrected chi connectivity index (χ1v) is 14.9. The highest BCUT2D eigenvalue weighted by Gasteiger charge is 2.45. The van der Waals surface area contributed by atoms with Crippen molar-refractivity contribution < 1.29 is 9.72 Å². The number of nitro benzene ring substituents is 1. The van der Waals surface area contributed by atoms with Gasteiger partial charge in [-0.25, -0.2) is 0 Å². The van der Waals surface area contributed by atoms with Gasteiger partial charge in [0.15, 0.2) is 5.78 Å². The summed E-state index contributed by atoms with van der Waals surface area (Å²) in [6.45, 7) is 10.2. The molecule has 1 aliphatic heterocycles. The fourth-order valence-electron chi connectivity index (χ4n) is 6.07. The number of nitrogens with two attached hydrogens (primary N) is 1. The summed E-state index contributed by atoms with van der Waals surface area (Å²) in [6, 6.07) is 21.2. The van der Waals surface area contributed by atoms with E-state index in [1.165, 1.54) is 22.6 Å². The van der Waals surface area contributed by atoms with E-state index in [0.29, 0.717) is 29.8 Å². The van der Waals surface area contributed by atoms with Gasteiger partial charge in [-0.15, -0.1) is 11.8 Å². The Morgan fingerprint density at radius 2 is 1.79 bits per heavy atom. The number of carbonyl (C=O) groups excluding carboxylic acids is 1. The average Bonchev–Trinajstić information content (AvgIpc) is 2.93. The summed E-state index contributed by atoms with van der Waals surface area (Å²) in [7, 11) is 0. The van der Waals surface area contributed by atoms with Crippen LogP contribution in [0.5, 0.6) is 0 Å². The molecule has 8 heteroatoms. The molecule has 1 unspecified atom stereocenters. The van der Waals surface area contributed by atoms with Crippen LogP contribution in [0.3, 0.4) is 0 Å². The lowest BCUT2D eigenvalue weighted by molar-refractivity contribution is -0.384. The molecule has 0 saturated heterocycles. The number of aryl methyl sites for hydroxylation is 2. The number of nitrogens with zero attached hydrogens (tertiary/aromatic N) is 3. The molecule has 0 fully saturated rings. The molecule has 1 aliphatic carbocycles. The minimum atomic E-state index is -0.619. The molecule has 7 nitrogen and oxygen atoms in total. The summed E-state index contributed by atoms with van der Waals surface area (Å²) in [5, 5.41) is 22.1. The van der Waals surface area contributed by atoms with Gasteiger partial charge in [-0.05, 0) is 67.5 Å². The van der Waals surface area contributed by atoms with Crippen LogP contribution in [0.2, 0.25) is 0 Å². The van der Waals surface area contributed by atoms with Gasteiger partial charge >= 0.3 is 0 Å². The third-order valence-corrected chi connectivity index (χ3v) is 9.17. The summed E-state index contributed by atoms with van der Waals surface area (Å²) >= 11 is 1.75. The molecule has 0 bridgehead atoms. The SMILES string of the molecule is Cc1ccc(SCc2cc(C)cc(C3C(C#N)=C(N)N(c4cccc([N+](=O)[O-])c4)C4=C3C(=O)CC(C)(C)C4)c2C)cc1. The van der Waals surface area contributed by atoms with Crippen LogP contribution in [0.25, 0.3) is 0 Å². The van der Waals surface area contributed by atoms with Crippen LogP contribution in [0.1, 0.15) is 60.4 Å². The zero-order valence-corrected chi connectivity index (χ0v) is 25.3. The average molecular weight is 579 g/mol. The highest BCUT2D eigenvalue weighted by molar-refractivity contribution is 7.98. The van der Waals surface area contributed by atoms with Crippen LogP contribution in [-0.2, 0) is 10.5 Å². The molecular weight excluding hydrogens is 544 g/mol. The standard InChI is InChI=1S/C34H34N4O3S/c1-20-9-11-26(12-10-20)42-19-23-13-21(2)14-27(22(23)3)31-28(18-35)33(36)37(24-7-6-8-25(15-24)38(40)41)29-16-34(4,5)17-30(39)32(29)31/h6-15,31H,16-17,19,36H2,1-5H3. The maximum atomic E-state index is 14.0. The third-order valence-electron chi connectivity index (χ3n) is 8.11. The number of thioether (sulfide) groups is 1. The number of Topliss-reactive ketones (excluding diaryl/α,β-unsaturated/α-hetero) is 1. The number of ketones is 1. The van der Waals surface area contributed by atoms with Crippen molar-refractivity contribution in [3.8, 4) is 6.07 Å². The van der Waals surface area contributed by atoms with Gasteiger partial charge in [-0.3, -0.25) is 19.8 Å². The van der Waals surface area contributed by atoms with E-state index in [1.54, 1.807) is 28.8 Å². The predicted octanol–water partition coefficient (Wildman–Crippen LogP) is 7.75. The van der Waals surface area contributed by atoms with Gasteiger partial charge < -0.3 is 5.73 Å². The monoisotopic (exact) mass is 578 g/mol. The third kappa shape index (κ3) is 5.45. The van der Waals surface area contributed by atoms with Crippen molar-refractivity contribution in [3.05, 3.63) is 121 Å². The van der Waals surface area contributed by atoms with Crippen LogP contribution in [0, 0.1) is 47.6 Å². The van der Waals surface area contributed by atoms with Gasteiger partial charge in [0.2, 0.25) is 0 Å². The first kappa shape index (κ1) is 29.2. The van der Waals surface area contributed by atoms with E-state index in [1.807, 2.05) is 20.8 Å². The van der Waals surface area contributed by atoms with Crippen LogP contribution < -0.4 is 10.6 Å². The molecule has 2 N–H and O–H groups in total.